The first-order valence-electron chi connectivity index (χ1n) is 5.04. The number of rotatable bonds is 3. The second-order valence-corrected chi connectivity index (χ2v) is 6.58. The smallest absolute Gasteiger partial charge is 0.251 e. The van der Waals surface area contributed by atoms with Crippen LogP contribution in [-0.4, -0.2) is 5.91 Å². The molecule has 0 unspecified atom stereocenters. The molecule has 0 aliphatic rings. The Hall–Kier alpha value is -0.550. The van der Waals surface area contributed by atoms with E-state index in [1.54, 1.807) is 18.2 Å². The number of thiophene rings is 1. The Balaban J connectivity index is 2.01. The molecule has 2 rings (SSSR count). The van der Waals surface area contributed by atoms with E-state index >= 15 is 0 Å². The summed E-state index contributed by atoms with van der Waals surface area (Å²) >= 11 is 16.5. The standard InChI is InChI=1S/C12H8BrCl2NOS/c13-9-3-1-7(5-10(9)14)12(17)16-6-8-2-4-11(15)18-8/h1-5H,6H2,(H,16,17). The highest BCUT2D eigenvalue weighted by atomic mass is 79.9. The van der Waals surface area contributed by atoms with Gasteiger partial charge in [-0.3, -0.25) is 4.79 Å². The molecule has 0 aliphatic heterocycles. The lowest BCUT2D eigenvalue weighted by molar-refractivity contribution is 0.0951. The molecule has 1 aromatic carbocycles. The molecule has 0 atom stereocenters. The minimum absolute atomic E-state index is 0.158. The summed E-state index contributed by atoms with van der Waals surface area (Å²) in [6, 6.07) is 8.79. The Labute approximate surface area is 127 Å². The molecule has 1 heterocycles. The lowest BCUT2D eigenvalue weighted by Crippen LogP contribution is -2.22. The van der Waals surface area contributed by atoms with Crippen LogP contribution in [0, 0.1) is 0 Å². The molecule has 1 aromatic heterocycles. The van der Waals surface area contributed by atoms with Crippen LogP contribution in [0.15, 0.2) is 34.8 Å². The third kappa shape index (κ3) is 3.48. The zero-order valence-electron chi connectivity index (χ0n) is 9.04. The van der Waals surface area contributed by atoms with Crippen molar-refractivity contribution in [2.75, 3.05) is 0 Å². The summed E-state index contributed by atoms with van der Waals surface area (Å²) in [4.78, 5) is 12.9. The molecule has 0 radical (unpaired) electrons. The fourth-order valence-electron chi connectivity index (χ4n) is 1.35. The van der Waals surface area contributed by atoms with Gasteiger partial charge in [0.05, 0.1) is 15.9 Å². The maximum absolute atomic E-state index is 11.9. The second-order valence-electron chi connectivity index (χ2n) is 3.52. The predicted octanol–water partition coefficient (Wildman–Crippen LogP) is 4.75. The summed E-state index contributed by atoms with van der Waals surface area (Å²) in [5.74, 6) is -0.158. The Morgan fingerprint density at radius 1 is 1.28 bits per heavy atom. The van der Waals surface area contributed by atoms with Gasteiger partial charge in [-0.25, -0.2) is 0 Å². The molecule has 6 heteroatoms. The Morgan fingerprint density at radius 2 is 2.06 bits per heavy atom. The highest BCUT2D eigenvalue weighted by Gasteiger charge is 2.08. The van der Waals surface area contributed by atoms with Gasteiger partial charge in [0.25, 0.3) is 5.91 Å². The van der Waals surface area contributed by atoms with E-state index in [2.05, 4.69) is 21.2 Å². The number of nitrogens with one attached hydrogen (secondary N) is 1. The first kappa shape index (κ1) is 13.9. The summed E-state index contributed by atoms with van der Waals surface area (Å²) in [5, 5.41) is 3.33. The Bertz CT molecular complexity index is 585. The van der Waals surface area contributed by atoms with Crippen LogP contribution in [0.2, 0.25) is 9.36 Å². The van der Waals surface area contributed by atoms with Gasteiger partial charge in [-0.2, -0.15) is 0 Å². The normalized spacial score (nSPS) is 10.4. The van der Waals surface area contributed by atoms with Gasteiger partial charge in [-0.05, 0) is 46.3 Å². The van der Waals surface area contributed by atoms with Crippen LogP contribution in [0.4, 0.5) is 0 Å². The van der Waals surface area contributed by atoms with Gasteiger partial charge in [0.15, 0.2) is 0 Å². The zero-order valence-corrected chi connectivity index (χ0v) is 13.0. The van der Waals surface area contributed by atoms with E-state index in [1.807, 2.05) is 12.1 Å². The zero-order chi connectivity index (χ0) is 13.1. The summed E-state index contributed by atoms with van der Waals surface area (Å²) in [6.07, 6.45) is 0. The van der Waals surface area contributed by atoms with Crippen LogP contribution in [0.25, 0.3) is 0 Å². The molecule has 0 bridgehead atoms. The van der Waals surface area contributed by atoms with Crippen LogP contribution in [0.5, 0.6) is 0 Å². The molecular weight excluding hydrogens is 357 g/mol. The SMILES string of the molecule is O=C(NCc1ccc(Cl)s1)c1ccc(Br)c(Cl)c1. The fraction of sp³-hybridized carbons (Fsp3) is 0.0833. The third-order valence-electron chi connectivity index (χ3n) is 2.23. The van der Waals surface area contributed by atoms with Crippen LogP contribution >= 0.6 is 50.5 Å². The van der Waals surface area contributed by atoms with Gasteiger partial charge in [0.1, 0.15) is 0 Å². The molecule has 0 spiro atoms. The average Bonchev–Trinajstić information content (AvgIpc) is 2.75. The van der Waals surface area contributed by atoms with Gasteiger partial charge < -0.3 is 5.32 Å². The number of hydrogen-bond acceptors (Lipinski definition) is 2. The molecule has 1 N–H and O–H groups in total. The molecular formula is C12H8BrCl2NOS. The van der Waals surface area contributed by atoms with E-state index in [1.165, 1.54) is 11.3 Å². The van der Waals surface area contributed by atoms with Crippen molar-refractivity contribution < 1.29 is 4.79 Å². The van der Waals surface area contributed by atoms with Crippen LogP contribution < -0.4 is 5.32 Å². The fourth-order valence-corrected chi connectivity index (χ4v) is 2.81. The number of carbonyl (C=O) groups is 1. The molecule has 0 saturated heterocycles. The van der Waals surface area contributed by atoms with Crippen molar-refractivity contribution in [3.8, 4) is 0 Å². The van der Waals surface area contributed by atoms with Gasteiger partial charge in [-0.1, -0.05) is 23.2 Å². The Morgan fingerprint density at radius 3 is 2.67 bits per heavy atom. The van der Waals surface area contributed by atoms with E-state index in [0.717, 1.165) is 9.35 Å². The van der Waals surface area contributed by atoms with Crippen LogP contribution in [0.1, 0.15) is 15.2 Å². The van der Waals surface area contributed by atoms with Crippen molar-refractivity contribution in [2.24, 2.45) is 0 Å². The second kappa shape index (κ2) is 6.06. The minimum atomic E-state index is -0.158. The molecule has 18 heavy (non-hydrogen) atoms. The maximum Gasteiger partial charge on any atom is 0.251 e. The molecule has 2 aromatic rings. The highest BCUT2D eigenvalue weighted by molar-refractivity contribution is 9.10. The van der Waals surface area contributed by atoms with Gasteiger partial charge >= 0.3 is 0 Å². The molecule has 0 aliphatic carbocycles. The number of halogens is 3. The van der Waals surface area contributed by atoms with Crippen LogP contribution in [-0.2, 0) is 6.54 Å². The lowest BCUT2D eigenvalue weighted by Gasteiger charge is -2.04. The third-order valence-corrected chi connectivity index (χ3v) is 4.70. The summed E-state index contributed by atoms with van der Waals surface area (Å²) in [6.45, 7) is 0.462. The van der Waals surface area contributed by atoms with E-state index in [-0.39, 0.29) is 5.91 Å². The van der Waals surface area contributed by atoms with Gasteiger partial charge in [-0.15, -0.1) is 11.3 Å². The van der Waals surface area contributed by atoms with E-state index < -0.39 is 0 Å². The molecule has 1 amide bonds. The molecule has 2 nitrogen and oxygen atoms in total. The quantitative estimate of drug-likeness (QED) is 0.836. The number of carbonyl (C=O) groups excluding carboxylic acids is 1. The van der Waals surface area contributed by atoms with E-state index in [9.17, 15) is 4.79 Å². The van der Waals surface area contributed by atoms with Crippen LogP contribution in [0.3, 0.4) is 0 Å². The summed E-state index contributed by atoms with van der Waals surface area (Å²) in [5.41, 5.74) is 0.533. The van der Waals surface area contributed by atoms with Crippen molar-refractivity contribution >= 4 is 56.4 Å². The monoisotopic (exact) mass is 363 g/mol. The van der Waals surface area contributed by atoms with Crippen molar-refractivity contribution in [1.82, 2.24) is 5.32 Å². The molecule has 0 saturated carbocycles. The first-order valence-corrected chi connectivity index (χ1v) is 7.40. The average molecular weight is 365 g/mol. The predicted molar refractivity (Wildman–Crippen MR) is 79.7 cm³/mol. The van der Waals surface area contributed by atoms with Crippen molar-refractivity contribution in [3.05, 3.63) is 54.6 Å². The minimum Gasteiger partial charge on any atom is -0.347 e. The lowest BCUT2D eigenvalue weighted by atomic mass is 10.2. The number of hydrogen-bond donors (Lipinski definition) is 1. The van der Waals surface area contributed by atoms with Gasteiger partial charge in [0, 0.05) is 14.9 Å². The molecule has 94 valence electrons. The number of benzene rings is 1. The van der Waals surface area contributed by atoms with Crippen molar-refractivity contribution in [1.29, 1.82) is 0 Å². The van der Waals surface area contributed by atoms with E-state index in [4.69, 9.17) is 23.2 Å². The largest absolute Gasteiger partial charge is 0.347 e. The van der Waals surface area contributed by atoms with Crippen molar-refractivity contribution in [3.63, 3.8) is 0 Å². The summed E-state index contributed by atoms with van der Waals surface area (Å²) in [7, 11) is 0. The first-order chi connectivity index (χ1) is 8.56. The highest BCUT2D eigenvalue weighted by Crippen LogP contribution is 2.24. The Kier molecular flexibility index (Phi) is 4.67. The topological polar surface area (TPSA) is 29.1 Å². The van der Waals surface area contributed by atoms with E-state index in [0.29, 0.717) is 21.5 Å². The summed E-state index contributed by atoms with van der Waals surface area (Å²) < 4.78 is 1.48. The molecule has 0 fully saturated rings. The van der Waals surface area contributed by atoms with Crippen molar-refractivity contribution in [2.45, 2.75) is 6.54 Å². The van der Waals surface area contributed by atoms with Gasteiger partial charge in [0.2, 0.25) is 0 Å². The maximum atomic E-state index is 11.9. The number of amides is 1.